The summed E-state index contributed by atoms with van der Waals surface area (Å²) in [6.45, 7) is 14.4. The van der Waals surface area contributed by atoms with E-state index >= 15 is 0 Å². The number of carboxylic acid groups (broad SMARTS) is 1. The number of piperidine rings is 1. The molecule has 1 aromatic carbocycles. The zero-order valence-corrected chi connectivity index (χ0v) is 35.2. The summed E-state index contributed by atoms with van der Waals surface area (Å²) in [5.74, 6) is -3.27. The Balaban J connectivity index is 1.90. The summed E-state index contributed by atoms with van der Waals surface area (Å²) in [7, 11) is 3.56. The SMILES string of the molecule is CCC(C)C(CC(=O)C1CCCCN1C)C(=O)N(CCOC)C(CC(OC(C)=O)c1nc(C(=O)NC(Cc2ccc(C)cc2)CC(C)C(=O)O)cs1)C(C)C. The highest BCUT2D eigenvalue weighted by Gasteiger charge is 2.39. The van der Waals surface area contributed by atoms with Crippen molar-refractivity contribution in [2.24, 2.45) is 23.7 Å². The number of hydrogen-bond acceptors (Lipinski definition) is 10. The van der Waals surface area contributed by atoms with E-state index in [4.69, 9.17) is 9.47 Å². The predicted octanol–water partition coefficient (Wildman–Crippen LogP) is 6.50. The fourth-order valence-corrected chi connectivity index (χ4v) is 8.24. The highest BCUT2D eigenvalue weighted by Crippen LogP contribution is 2.33. The number of thiazole rings is 1. The van der Waals surface area contributed by atoms with Crippen molar-refractivity contribution in [2.75, 3.05) is 33.9 Å². The minimum absolute atomic E-state index is 0.0409. The number of ether oxygens (including phenoxy) is 2. The molecule has 12 nitrogen and oxygen atoms in total. The van der Waals surface area contributed by atoms with E-state index in [1.165, 1.54) is 18.3 Å². The summed E-state index contributed by atoms with van der Waals surface area (Å²) >= 11 is 1.19. The van der Waals surface area contributed by atoms with Gasteiger partial charge in [0.25, 0.3) is 5.91 Å². The van der Waals surface area contributed by atoms with Gasteiger partial charge in [0, 0.05) is 56.8 Å². The number of esters is 1. The fraction of sp³-hybridized carbons (Fsp3) is 0.667. The number of benzene rings is 1. The molecule has 13 heteroatoms. The lowest BCUT2D eigenvalue weighted by atomic mass is 9.82. The first kappa shape index (κ1) is 45.7. The predicted molar refractivity (Wildman–Crippen MR) is 214 cm³/mol. The standard InChI is InChI=1S/C42H64N4O8S/c1-10-28(5)33(23-37(48)35-13-11-12-18-45(35)8)41(50)46(19-20-53-9)36(26(2)3)24-38(54-30(7)47)40-44-34(25-55-40)39(49)43-32(21-29(6)42(51)52)22-31-16-14-27(4)15-17-31/h14-17,25-26,28-29,32-33,35-36,38H,10-13,18-24H2,1-9H3,(H,43,49)(H,51,52). The van der Waals surface area contributed by atoms with Crippen LogP contribution in [-0.4, -0.2) is 101 Å². The topological polar surface area (TPSA) is 155 Å². The number of aromatic nitrogens is 1. The van der Waals surface area contributed by atoms with E-state index in [9.17, 15) is 29.1 Å². The summed E-state index contributed by atoms with van der Waals surface area (Å²) in [5, 5.41) is 14.6. The van der Waals surface area contributed by atoms with Gasteiger partial charge in [-0.3, -0.25) is 28.9 Å². The quantitative estimate of drug-likeness (QED) is 0.126. The van der Waals surface area contributed by atoms with Gasteiger partial charge in [0.15, 0.2) is 11.9 Å². The van der Waals surface area contributed by atoms with Gasteiger partial charge in [-0.05, 0) is 63.6 Å². The molecule has 0 spiro atoms. The highest BCUT2D eigenvalue weighted by atomic mass is 32.1. The molecule has 55 heavy (non-hydrogen) atoms. The number of aliphatic carboxylic acids is 1. The number of Topliss-reactive ketones (excluding diaryl/α,β-unsaturated/α-hetero) is 1. The number of likely N-dealkylation sites (tertiary alicyclic amines) is 1. The van der Waals surface area contributed by atoms with Gasteiger partial charge in [0.1, 0.15) is 10.7 Å². The van der Waals surface area contributed by atoms with E-state index < -0.39 is 47.9 Å². The molecule has 2 aromatic rings. The summed E-state index contributed by atoms with van der Waals surface area (Å²) in [4.78, 5) is 74.8. The Labute approximate surface area is 331 Å². The molecule has 0 bridgehead atoms. The number of aryl methyl sites for hydroxylation is 1. The molecule has 0 radical (unpaired) electrons. The Bertz CT molecular complexity index is 1560. The third kappa shape index (κ3) is 13.8. The molecule has 3 rings (SSSR count). The molecule has 1 aliphatic rings. The maximum absolute atomic E-state index is 14.7. The lowest BCUT2D eigenvalue weighted by Gasteiger charge is -2.39. The Kier molecular flexibility index (Phi) is 18.4. The normalized spacial score (nSPS) is 18.1. The fourth-order valence-electron chi connectivity index (χ4n) is 7.40. The average molecular weight is 785 g/mol. The second kappa shape index (κ2) is 22.2. The van der Waals surface area contributed by atoms with Crippen LogP contribution >= 0.6 is 11.3 Å². The van der Waals surface area contributed by atoms with Gasteiger partial charge < -0.3 is 24.8 Å². The molecule has 1 aliphatic heterocycles. The van der Waals surface area contributed by atoms with E-state index in [1.54, 1.807) is 24.3 Å². The third-order valence-electron chi connectivity index (χ3n) is 11.0. The van der Waals surface area contributed by atoms with E-state index in [-0.39, 0.29) is 67.7 Å². The maximum atomic E-state index is 14.7. The molecule has 1 saturated heterocycles. The molecule has 2 N–H and O–H groups in total. The number of ketones is 1. The van der Waals surface area contributed by atoms with Gasteiger partial charge in [0.2, 0.25) is 5.91 Å². The molecule has 1 aromatic heterocycles. The zero-order chi connectivity index (χ0) is 40.8. The largest absolute Gasteiger partial charge is 0.481 e. The minimum Gasteiger partial charge on any atom is -0.481 e. The van der Waals surface area contributed by atoms with Crippen molar-refractivity contribution in [3.63, 3.8) is 0 Å². The monoisotopic (exact) mass is 784 g/mol. The van der Waals surface area contributed by atoms with Gasteiger partial charge in [-0.2, -0.15) is 0 Å². The number of carbonyl (C=O) groups excluding carboxylic acids is 4. The van der Waals surface area contributed by atoms with Crippen LogP contribution in [0, 0.1) is 30.6 Å². The number of rotatable bonds is 22. The summed E-state index contributed by atoms with van der Waals surface area (Å²) in [6.07, 6.45) is 3.78. The van der Waals surface area contributed by atoms with Crippen LogP contribution in [0.5, 0.6) is 0 Å². The van der Waals surface area contributed by atoms with Gasteiger partial charge in [0.05, 0.1) is 18.6 Å². The number of nitrogens with one attached hydrogen (secondary N) is 1. The summed E-state index contributed by atoms with van der Waals surface area (Å²) in [6, 6.07) is 6.82. The molecule has 2 heterocycles. The van der Waals surface area contributed by atoms with Crippen LogP contribution in [0.3, 0.4) is 0 Å². The molecule has 306 valence electrons. The van der Waals surface area contributed by atoms with Crippen molar-refractivity contribution < 1.29 is 38.6 Å². The van der Waals surface area contributed by atoms with Gasteiger partial charge in [-0.15, -0.1) is 11.3 Å². The van der Waals surface area contributed by atoms with Crippen LogP contribution in [0.4, 0.5) is 0 Å². The highest BCUT2D eigenvalue weighted by molar-refractivity contribution is 7.09. The number of carbonyl (C=O) groups is 5. The molecule has 0 saturated carbocycles. The first-order valence-electron chi connectivity index (χ1n) is 19.8. The Morgan fingerprint density at radius 3 is 2.35 bits per heavy atom. The van der Waals surface area contributed by atoms with E-state index in [1.807, 2.05) is 65.9 Å². The summed E-state index contributed by atoms with van der Waals surface area (Å²) in [5.41, 5.74) is 2.20. The second-order valence-corrected chi connectivity index (χ2v) is 16.6. The second-order valence-electron chi connectivity index (χ2n) is 15.7. The van der Waals surface area contributed by atoms with Gasteiger partial charge in [-0.1, -0.05) is 77.3 Å². The van der Waals surface area contributed by atoms with Crippen molar-refractivity contribution in [1.82, 2.24) is 20.1 Å². The van der Waals surface area contributed by atoms with Crippen LogP contribution in [0.25, 0.3) is 0 Å². The van der Waals surface area contributed by atoms with Crippen LogP contribution in [-0.2, 0) is 35.1 Å². The number of amides is 2. The Morgan fingerprint density at radius 2 is 1.76 bits per heavy atom. The van der Waals surface area contributed by atoms with Crippen LogP contribution in [0.2, 0.25) is 0 Å². The summed E-state index contributed by atoms with van der Waals surface area (Å²) < 4.78 is 11.3. The zero-order valence-electron chi connectivity index (χ0n) is 34.3. The van der Waals surface area contributed by atoms with Crippen molar-refractivity contribution >= 4 is 40.9 Å². The number of carboxylic acids is 1. The molecule has 0 aliphatic carbocycles. The maximum Gasteiger partial charge on any atom is 0.306 e. The van der Waals surface area contributed by atoms with Crippen molar-refractivity contribution in [1.29, 1.82) is 0 Å². The van der Waals surface area contributed by atoms with E-state index in [0.29, 0.717) is 11.4 Å². The molecule has 7 unspecified atom stereocenters. The van der Waals surface area contributed by atoms with Crippen molar-refractivity contribution in [2.45, 2.75) is 124 Å². The number of nitrogens with zero attached hydrogens (tertiary/aromatic N) is 3. The first-order chi connectivity index (χ1) is 26.1. The lowest BCUT2D eigenvalue weighted by Crippen LogP contribution is -2.50. The Hall–Kier alpha value is -3.68. The van der Waals surface area contributed by atoms with Crippen LogP contribution in [0.15, 0.2) is 29.6 Å². The van der Waals surface area contributed by atoms with Crippen LogP contribution < -0.4 is 5.32 Å². The van der Waals surface area contributed by atoms with Gasteiger partial charge in [-0.25, -0.2) is 4.98 Å². The van der Waals surface area contributed by atoms with Crippen molar-refractivity contribution in [3.8, 4) is 0 Å². The van der Waals surface area contributed by atoms with E-state index in [0.717, 1.165) is 43.4 Å². The van der Waals surface area contributed by atoms with Crippen LogP contribution in [0.1, 0.15) is 119 Å². The Morgan fingerprint density at radius 1 is 1.07 bits per heavy atom. The number of likely N-dealkylation sites (N-methyl/N-ethyl adjacent to an activating group) is 1. The molecule has 7 atom stereocenters. The first-order valence-corrected chi connectivity index (χ1v) is 20.7. The molecule has 1 fully saturated rings. The van der Waals surface area contributed by atoms with Crippen molar-refractivity contribution in [3.05, 3.63) is 51.5 Å². The molecular formula is C42H64N4O8S. The van der Waals surface area contributed by atoms with Gasteiger partial charge >= 0.3 is 11.9 Å². The smallest absolute Gasteiger partial charge is 0.306 e. The van der Waals surface area contributed by atoms with E-state index in [2.05, 4.69) is 15.2 Å². The minimum atomic E-state index is -0.944. The number of methoxy groups -OCH3 is 1. The average Bonchev–Trinajstić information content (AvgIpc) is 3.64. The third-order valence-corrected chi connectivity index (χ3v) is 11.9. The number of hydrogen-bond donors (Lipinski definition) is 2. The molecular weight excluding hydrogens is 721 g/mol. The molecule has 2 amide bonds. The lowest BCUT2D eigenvalue weighted by molar-refractivity contribution is -0.150.